The topological polar surface area (TPSA) is 60.3 Å². The van der Waals surface area contributed by atoms with Gasteiger partial charge in [-0.2, -0.15) is 0 Å². The molecular formula is C21H22FN2O4+. The average Bonchev–Trinajstić information content (AvgIpc) is 3.26. The van der Waals surface area contributed by atoms with E-state index >= 15 is 0 Å². The molecule has 0 spiro atoms. The number of carbonyl (C=O) groups is 2. The minimum Gasteiger partial charge on any atom is -0.497 e. The molecule has 28 heavy (non-hydrogen) atoms. The predicted octanol–water partition coefficient (Wildman–Crippen LogP) is 1.75. The van der Waals surface area contributed by atoms with E-state index in [1.807, 2.05) is 18.2 Å². The third-order valence-corrected chi connectivity index (χ3v) is 5.59. The largest absolute Gasteiger partial charge is 0.497 e. The summed E-state index contributed by atoms with van der Waals surface area (Å²) < 4.78 is 24.3. The van der Waals surface area contributed by atoms with Crippen molar-refractivity contribution < 1.29 is 28.4 Å². The molecular weight excluding hydrogens is 363 g/mol. The fourth-order valence-electron chi connectivity index (χ4n) is 4.22. The minimum atomic E-state index is -0.647. The number of anilines is 1. The van der Waals surface area contributed by atoms with Gasteiger partial charge in [0.2, 0.25) is 0 Å². The maximum atomic E-state index is 13.5. The van der Waals surface area contributed by atoms with Gasteiger partial charge in [-0.05, 0) is 30.3 Å². The molecule has 1 N–H and O–H groups in total. The molecule has 2 aromatic rings. The molecule has 146 valence electrons. The summed E-state index contributed by atoms with van der Waals surface area (Å²) in [5.74, 6) is -0.297. The molecule has 1 unspecified atom stereocenters. The Morgan fingerprint density at radius 1 is 1.14 bits per heavy atom. The fourth-order valence-corrected chi connectivity index (χ4v) is 4.22. The Labute approximate surface area is 162 Å². The van der Waals surface area contributed by atoms with Gasteiger partial charge in [0.05, 0.1) is 37.6 Å². The fraction of sp³-hybridized carbons (Fsp3) is 0.333. The number of hydrogen-bond acceptors (Lipinski definition) is 4. The van der Waals surface area contributed by atoms with E-state index in [4.69, 9.17) is 9.47 Å². The van der Waals surface area contributed by atoms with Crippen LogP contribution in [0.15, 0.2) is 36.4 Å². The van der Waals surface area contributed by atoms with Crippen molar-refractivity contribution in [2.45, 2.75) is 18.9 Å². The highest BCUT2D eigenvalue weighted by Crippen LogP contribution is 2.33. The molecule has 2 aliphatic rings. The van der Waals surface area contributed by atoms with E-state index in [-0.39, 0.29) is 11.6 Å². The number of halogens is 1. The molecule has 0 bridgehead atoms. The second-order valence-corrected chi connectivity index (χ2v) is 7.09. The highest BCUT2D eigenvalue weighted by Gasteiger charge is 2.41. The van der Waals surface area contributed by atoms with Crippen LogP contribution in [0, 0.1) is 5.82 Å². The van der Waals surface area contributed by atoms with Crippen molar-refractivity contribution in [3.8, 4) is 11.5 Å². The first-order valence-electron chi connectivity index (χ1n) is 9.25. The van der Waals surface area contributed by atoms with Gasteiger partial charge in [-0.15, -0.1) is 0 Å². The number of hydrogen-bond donors (Lipinski definition) is 1. The number of nitrogens with zero attached hydrogens (tertiary/aromatic N) is 1. The number of ketones is 1. The molecule has 0 aliphatic carbocycles. The van der Waals surface area contributed by atoms with Crippen molar-refractivity contribution in [2.24, 2.45) is 0 Å². The van der Waals surface area contributed by atoms with Gasteiger partial charge in [-0.1, -0.05) is 0 Å². The van der Waals surface area contributed by atoms with Crippen molar-refractivity contribution in [3.63, 3.8) is 0 Å². The maximum Gasteiger partial charge on any atom is 0.303 e. The lowest BCUT2D eigenvalue weighted by Crippen LogP contribution is -3.12. The minimum absolute atomic E-state index is 0.133. The molecule has 0 saturated carbocycles. The smallest absolute Gasteiger partial charge is 0.303 e. The molecule has 0 radical (unpaired) electrons. The number of Topliss-reactive ketones (excluding diaryl/α,β-unsaturated/α-hetero) is 1. The normalized spacial score (nSPS) is 21.2. The Hall–Kier alpha value is -2.93. The Morgan fingerprint density at radius 3 is 2.71 bits per heavy atom. The molecule has 0 aromatic heterocycles. The monoisotopic (exact) mass is 385 g/mol. The van der Waals surface area contributed by atoms with Crippen LogP contribution in [0.3, 0.4) is 0 Å². The molecule has 2 heterocycles. The number of ether oxygens (including phenoxy) is 2. The van der Waals surface area contributed by atoms with Crippen LogP contribution in [0.4, 0.5) is 10.1 Å². The first-order valence-corrected chi connectivity index (χ1v) is 9.25. The van der Waals surface area contributed by atoms with Gasteiger partial charge < -0.3 is 14.4 Å². The number of benzene rings is 2. The highest BCUT2D eigenvalue weighted by atomic mass is 19.1. The number of carbonyl (C=O) groups excluding carboxylic acids is 2. The standard InChI is InChI=1S/C21H21FN2O4/c1-27-14-6-7-15(19(11-14)28-2)17-4-3-9-23(17)12-24-18-8-5-13(22)10-16(18)20(25)21(24)26/h5-8,10-11,17H,3-4,9,12H2,1-2H3/p+1/t17-/m1/s1. The summed E-state index contributed by atoms with van der Waals surface area (Å²) in [5, 5.41) is 0. The van der Waals surface area contributed by atoms with Crippen LogP contribution in [0.25, 0.3) is 0 Å². The predicted molar refractivity (Wildman–Crippen MR) is 100 cm³/mol. The summed E-state index contributed by atoms with van der Waals surface area (Å²) in [6, 6.07) is 9.80. The van der Waals surface area contributed by atoms with Crippen molar-refractivity contribution in [2.75, 3.05) is 32.3 Å². The zero-order chi connectivity index (χ0) is 19.8. The van der Waals surface area contributed by atoms with E-state index < -0.39 is 17.5 Å². The zero-order valence-corrected chi connectivity index (χ0v) is 15.8. The number of rotatable bonds is 5. The van der Waals surface area contributed by atoms with Crippen molar-refractivity contribution >= 4 is 17.4 Å². The third-order valence-electron chi connectivity index (χ3n) is 5.59. The first-order chi connectivity index (χ1) is 13.5. The van der Waals surface area contributed by atoms with E-state index in [1.165, 1.54) is 21.9 Å². The molecule has 2 aromatic carbocycles. The van der Waals surface area contributed by atoms with Gasteiger partial charge in [-0.3, -0.25) is 14.5 Å². The van der Waals surface area contributed by atoms with Crippen molar-refractivity contribution in [1.29, 1.82) is 0 Å². The summed E-state index contributed by atoms with van der Waals surface area (Å²) in [6.45, 7) is 1.22. The van der Waals surface area contributed by atoms with Gasteiger partial charge in [-0.25, -0.2) is 4.39 Å². The van der Waals surface area contributed by atoms with Gasteiger partial charge in [0, 0.05) is 18.9 Å². The van der Waals surface area contributed by atoms with Crippen LogP contribution >= 0.6 is 0 Å². The van der Waals surface area contributed by atoms with Gasteiger partial charge >= 0.3 is 5.91 Å². The summed E-state index contributed by atoms with van der Waals surface area (Å²) >= 11 is 0. The summed E-state index contributed by atoms with van der Waals surface area (Å²) in [7, 11) is 3.23. The second kappa shape index (κ2) is 7.24. The van der Waals surface area contributed by atoms with E-state index in [0.717, 1.165) is 42.5 Å². The van der Waals surface area contributed by atoms with Crippen LogP contribution < -0.4 is 19.3 Å². The van der Waals surface area contributed by atoms with E-state index in [1.54, 1.807) is 14.2 Å². The lowest BCUT2D eigenvalue weighted by molar-refractivity contribution is -0.917. The van der Waals surface area contributed by atoms with Crippen molar-refractivity contribution in [1.82, 2.24) is 0 Å². The number of quaternary nitrogens is 1. The van der Waals surface area contributed by atoms with E-state index in [0.29, 0.717) is 12.4 Å². The Morgan fingerprint density at radius 2 is 1.96 bits per heavy atom. The Bertz CT molecular complexity index is 946. The Kier molecular flexibility index (Phi) is 4.77. The lowest BCUT2D eigenvalue weighted by atomic mass is 10.0. The van der Waals surface area contributed by atoms with Gasteiger partial charge in [0.15, 0.2) is 6.67 Å². The molecule has 7 heteroatoms. The van der Waals surface area contributed by atoms with Gasteiger partial charge in [0.1, 0.15) is 23.4 Å². The van der Waals surface area contributed by atoms with Crippen LogP contribution in [0.1, 0.15) is 34.8 Å². The number of fused-ring (bicyclic) bond motifs is 1. The molecule has 1 saturated heterocycles. The molecule has 4 rings (SSSR count). The van der Waals surface area contributed by atoms with E-state index in [2.05, 4.69) is 0 Å². The summed E-state index contributed by atoms with van der Waals surface area (Å²) in [4.78, 5) is 27.4. The number of nitrogens with one attached hydrogen (secondary N) is 1. The number of amides is 1. The lowest BCUT2D eigenvalue weighted by Gasteiger charge is -2.27. The Balaban J connectivity index is 1.62. The average molecular weight is 385 g/mol. The van der Waals surface area contributed by atoms with Crippen LogP contribution in [-0.2, 0) is 4.79 Å². The zero-order valence-electron chi connectivity index (χ0n) is 15.8. The molecule has 6 nitrogen and oxygen atoms in total. The molecule has 1 amide bonds. The summed E-state index contributed by atoms with van der Waals surface area (Å²) in [6.07, 6.45) is 1.95. The molecule has 1 fully saturated rings. The van der Waals surface area contributed by atoms with Crippen molar-refractivity contribution in [3.05, 3.63) is 53.3 Å². The maximum absolute atomic E-state index is 13.5. The number of methoxy groups -OCH3 is 2. The summed E-state index contributed by atoms with van der Waals surface area (Å²) in [5.41, 5.74) is 1.67. The van der Waals surface area contributed by atoms with Crippen LogP contribution in [-0.4, -0.2) is 39.1 Å². The van der Waals surface area contributed by atoms with E-state index in [9.17, 15) is 14.0 Å². The van der Waals surface area contributed by atoms with Gasteiger partial charge in [0.25, 0.3) is 5.78 Å². The second-order valence-electron chi connectivity index (χ2n) is 7.09. The molecule has 2 aliphatic heterocycles. The third kappa shape index (κ3) is 3.01. The van der Waals surface area contributed by atoms with Crippen LogP contribution in [0.2, 0.25) is 0 Å². The SMILES string of the molecule is COc1ccc([C@H]2CCC[NH+]2CN2C(=O)C(=O)c3cc(F)ccc32)c(OC)c1. The van der Waals surface area contributed by atoms with Crippen LogP contribution in [0.5, 0.6) is 11.5 Å². The molecule has 2 atom stereocenters. The quantitative estimate of drug-likeness (QED) is 0.797. The number of likely N-dealkylation sites (tertiary alicyclic amines) is 1. The first kappa shape index (κ1) is 18.4. The highest BCUT2D eigenvalue weighted by molar-refractivity contribution is 6.52.